The second-order valence-electron chi connectivity index (χ2n) is 8.47. The number of carboxylic acids is 1. The molecule has 0 aliphatic heterocycles. The Hall–Kier alpha value is -3.24. The van der Waals surface area contributed by atoms with Gasteiger partial charge in [-0.1, -0.05) is 17.5 Å². The molecule has 0 saturated heterocycles. The summed E-state index contributed by atoms with van der Waals surface area (Å²) in [5, 5.41) is 21.6. The van der Waals surface area contributed by atoms with Gasteiger partial charge in [-0.05, 0) is 80.2 Å². The Morgan fingerprint density at radius 1 is 1.12 bits per heavy atom. The molecule has 2 fully saturated rings. The fourth-order valence-electron chi connectivity index (χ4n) is 3.96. The predicted octanol–water partition coefficient (Wildman–Crippen LogP) is 3.78. The molecule has 2 aromatic rings. The number of benzene rings is 1. The Balaban J connectivity index is 1.54. The van der Waals surface area contributed by atoms with E-state index in [1.54, 1.807) is 12.1 Å². The molecule has 1 aromatic heterocycles. The summed E-state index contributed by atoms with van der Waals surface area (Å²) in [4.78, 5) is 26.5. The van der Waals surface area contributed by atoms with Crippen LogP contribution in [-0.4, -0.2) is 39.2 Å². The average molecular weight is 455 g/mol. The standard InChI is InChI=1S/C24H23ClN2O5/c25-17-1-3-18(4-2-17)32-24(11-9-23(7-8-23)10-12-24)6-5-16-13-19(28)21(26-14-16)22(31)27-15-20(29)30/h1-4,13-14,28H,7-12,15H2,(H,27,31)(H,29,30). The van der Waals surface area contributed by atoms with Crippen molar-refractivity contribution in [1.29, 1.82) is 0 Å². The van der Waals surface area contributed by atoms with Crippen LogP contribution in [0.15, 0.2) is 36.5 Å². The van der Waals surface area contributed by atoms with Crippen molar-refractivity contribution in [2.24, 2.45) is 5.41 Å². The van der Waals surface area contributed by atoms with Gasteiger partial charge in [0.2, 0.25) is 0 Å². The van der Waals surface area contributed by atoms with Gasteiger partial charge >= 0.3 is 5.97 Å². The van der Waals surface area contributed by atoms with Crippen LogP contribution in [0.25, 0.3) is 0 Å². The van der Waals surface area contributed by atoms with Crippen LogP contribution in [0.5, 0.6) is 11.5 Å². The van der Waals surface area contributed by atoms with Gasteiger partial charge in [0, 0.05) is 16.8 Å². The van der Waals surface area contributed by atoms with E-state index in [4.69, 9.17) is 21.4 Å². The van der Waals surface area contributed by atoms with E-state index in [9.17, 15) is 14.7 Å². The van der Waals surface area contributed by atoms with Gasteiger partial charge in [-0.3, -0.25) is 9.59 Å². The number of nitrogens with one attached hydrogen (secondary N) is 1. The Bertz CT molecular complexity index is 1090. The number of ether oxygens (including phenoxy) is 1. The zero-order valence-corrected chi connectivity index (χ0v) is 18.1. The van der Waals surface area contributed by atoms with Crippen LogP contribution in [-0.2, 0) is 4.79 Å². The molecule has 1 amide bonds. The molecule has 8 heteroatoms. The zero-order valence-electron chi connectivity index (χ0n) is 17.4. The molecule has 7 nitrogen and oxygen atoms in total. The topological polar surface area (TPSA) is 109 Å². The first-order chi connectivity index (χ1) is 15.3. The number of nitrogens with zero attached hydrogens (tertiary/aromatic N) is 1. The predicted molar refractivity (Wildman–Crippen MR) is 118 cm³/mol. The maximum atomic E-state index is 12.0. The largest absolute Gasteiger partial charge is 0.505 e. The highest BCUT2D eigenvalue weighted by molar-refractivity contribution is 6.30. The number of rotatable bonds is 5. The molecule has 0 unspecified atom stereocenters. The molecular formula is C24H23ClN2O5. The third-order valence-corrected chi connectivity index (χ3v) is 6.37. The second kappa shape index (κ2) is 8.71. The van der Waals surface area contributed by atoms with E-state index in [1.165, 1.54) is 25.1 Å². The number of aromatic hydroxyl groups is 1. The van der Waals surface area contributed by atoms with E-state index in [0.29, 0.717) is 21.8 Å². The molecule has 3 N–H and O–H groups in total. The lowest BCUT2D eigenvalue weighted by Crippen LogP contribution is -2.39. The zero-order chi connectivity index (χ0) is 22.8. The molecule has 2 saturated carbocycles. The highest BCUT2D eigenvalue weighted by Crippen LogP contribution is 2.58. The number of hydrogen-bond acceptors (Lipinski definition) is 5. The summed E-state index contributed by atoms with van der Waals surface area (Å²) in [5.41, 5.74) is -0.0194. The SMILES string of the molecule is O=C(O)CNC(=O)c1ncc(C#CC2(Oc3ccc(Cl)cc3)CCC3(CC3)CC2)cc1O. The summed E-state index contributed by atoms with van der Waals surface area (Å²) >= 11 is 5.99. The molecule has 0 radical (unpaired) electrons. The van der Waals surface area contributed by atoms with Crippen molar-refractivity contribution in [3.05, 3.63) is 52.8 Å². The number of carbonyl (C=O) groups is 2. The maximum Gasteiger partial charge on any atom is 0.322 e. The molecule has 1 aromatic carbocycles. The first-order valence-corrected chi connectivity index (χ1v) is 10.8. The van der Waals surface area contributed by atoms with E-state index in [-0.39, 0.29) is 11.4 Å². The summed E-state index contributed by atoms with van der Waals surface area (Å²) in [6.45, 7) is -0.562. The Labute approximate surface area is 190 Å². The number of carbonyl (C=O) groups excluding carboxylic acids is 1. The molecule has 1 heterocycles. The van der Waals surface area contributed by atoms with E-state index < -0.39 is 24.0 Å². The fourth-order valence-corrected chi connectivity index (χ4v) is 4.09. The lowest BCUT2D eigenvalue weighted by atomic mass is 9.77. The third kappa shape index (κ3) is 5.14. The number of aliphatic carboxylic acids is 1. The number of amides is 1. The minimum absolute atomic E-state index is 0.253. The molecule has 32 heavy (non-hydrogen) atoms. The van der Waals surface area contributed by atoms with E-state index in [0.717, 1.165) is 25.7 Å². The van der Waals surface area contributed by atoms with Crippen LogP contribution in [0.4, 0.5) is 0 Å². The minimum Gasteiger partial charge on any atom is -0.505 e. The number of aromatic nitrogens is 1. The van der Waals surface area contributed by atoms with E-state index in [1.807, 2.05) is 12.1 Å². The summed E-state index contributed by atoms with van der Waals surface area (Å²) in [7, 11) is 0. The minimum atomic E-state index is -1.19. The number of halogens is 1. The number of pyridine rings is 1. The van der Waals surface area contributed by atoms with Gasteiger partial charge in [-0.15, -0.1) is 0 Å². The number of hydrogen-bond donors (Lipinski definition) is 3. The lowest BCUT2D eigenvalue weighted by Gasteiger charge is -2.37. The normalized spacial score (nSPS) is 17.7. The van der Waals surface area contributed by atoms with Gasteiger partial charge in [0.05, 0.1) is 0 Å². The fraction of sp³-hybridized carbons (Fsp3) is 0.375. The molecule has 166 valence electrons. The molecule has 1 spiro atoms. The van der Waals surface area contributed by atoms with Crippen molar-refractivity contribution in [3.63, 3.8) is 0 Å². The summed E-state index contributed by atoms with van der Waals surface area (Å²) in [6.07, 6.45) is 7.63. The van der Waals surface area contributed by atoms with Gasteiger partial charge in [0.25, 0.3) is 5.91 Å². The third-order valence-electron chi connectivity index (χ3n) is 6.12. The molecule has 0 atom stereocenters. The number of carboxylic acid groups (broad SMARTS) is 1. The van der Waals surface area contributed by atoms with Gasteiger partial charge in [-0.2, -0.15) is 0 Å². The monoisotopic (exact) mass is 454 g/mol. The maximum absolute atomic E-state index is 12.0. The van der Waals surface area contributed by atoms with E-state index >= 15 is 0 Å². The van der Waals surface area contributed by atoms with E-state index in [2.05, 4.69) is 22.1 Å². The van der Waals surface area contributed by atoms with Crippen molar-refractivity contribution in [3.8, 4) is 23.3 Å². The Morgan fingerprint density at radius 2 is 1.78 bits per heavy atom. The average Bonchev–Trinajstić information content (AvgIpc) is 3.54. The van der Waals surface area contributed by atoms with Gasteiger partial charge in [0.15, 0.2) is 11.3 Å². The van der Waals surface area contributed by atoms with Crippen LogP contribution < -0.4 is 10.1 Å². The van der Waals surface area contributed by atoms with Crippen LogP contribution in [0, 0.1) is 17.3 Å². The van der Waals surface area contributed by atoms with Crippen molar-refractivity contribution in [2.45, 2.75) is 44.1 Å². The van der Waals surface area contributed by atoms with Crippen LogP contribution in [0.1, 0.15) is 54.6 Å². The summed E-state index contributed by atoms with van der Waals surface area (Å²) in [5.74, 6) is 4.67. The van der Waals surface area contributed by atoms with Gasteiger partial charge in [-0.25, -0.2) is 4.98 Å². The van der Waals surface area contributed by atoms with Crippen LogP contribution in [0.2, 0.25) is 5.02 Å². The van der Waals surface area contributed by atoms with Crippen molar-refractivity contribution in [2.75, 3.05) is 6.54 Å². The van der Waals surface area contributed by atoms with Crippen molar-refractivity contribution >= 4 is 23.5 Å². The Kier molecular flexibility index (Phi) is 5.98. The first kappa shape index (κ1) is 22.0. The molecule has 4 rings (SSSR count). The van der Waals surface area contributed by atoms with Crippen molar-refractivity contribution in [1.82, 2.24) is 10.3 Å². The van der Waals surface area contributed by atoms with Crippen LogP contribution >= 0.6 is 11.6 Å². The van der Waals surface area contributed by atoms with Gasteiger partial charge in [0.1, 0.15) is 18.0 Å². The first-order valence-electron chi connectivity index (χ1n) is 10.5. The highest BCUT2D eigenvalue weighted by Gasteiger charge is 2.50. The van der Waals surface area contributed by atoms with Crippen molar-refractivity contribution < 1.29 is 24.5 Å². The smallest absolute Gasteiger partial charge is 0.322 e. The molecule has 2 aliphatic rings. The molecular weight excluding hydrogens is 432 g/mol. The molecule has 2 aliphatic carbocycles. The molecule has 0 bridgehead atoms. The van der Waals surface area contributed by atoms with Gasteiger partial charge < -0.3 is 20.3 Å². The highest BCUT2D eigenvalue weighted by atomic mass is 35.5. The second-order valence-corrected chi connectivity index (χ2v) is 8.90. The Morgan fingerprint density at radius 3 is 2.38 bits per heavy atom. The summed E-state index contributed by atoms with van der Waals surface area (Å²) in [6, 6.07) is 8.55. The quantitative estimate of drug-likeness (QED) is 0.593. The van der Waals surface area contributed by atoms with Crippen LogP contribution in [0.3, 0.4) is 0 Å². The summed E-state index contributed by atoms with van der Waals surface area (Å²) < 4.78 is 6.35. The lowest BCUT2D eigenvalue weighted by molar-refractivity contribution is -0.135.